The van der Waals surface area contributed by atoms with Gasteiger partial charge in [0.2, 0.25) is 5.91 Å². The van der Waals surface area contributed by atoms with E-state index in [4.69, 9.17) is 4.42 Å². The van der Waals surface area contributed by atoms with Crippen LogP contribution in [0.1, 0.15) is 11.1 Å². The first-order valence-corrected chi connectivity index (χ1v) is 6.44. The summed E-state index contributed by atoms with van der Waals surface area (Å²) >= 11 is 0. The molecule has 4 nitrogen and oxygen atoms in total. The van der Waals surface area contributed by atoms with Crippen LogP contribution in [-0.2, 0) is 11.2 Å². The Balaban J connectivity index is 1.73. The van der Waals surface area contributed by atoms with Gasteiger partial charge in [0.1, 0.15) is 0 Å². The maximum Gasteiger partial charge on any atom is 0.244 e. The van der Waals surface area contributed by atoms with Crippen molar-refractivity contribution in [1.29, 1.82) is 0 Å². The molecule has 0 saturated heterocycles. The molecule has 0 spiro atoms. The summed E-state index contributed by atoms with van der Waals surface area (Å²) in [6.45, 7) is 0.226. The van der Waals surface area contributed by atoms with Crippen LogP contribution >= 0.6 is 0 Å². The van der Waals surface area contributed by atoms with Gasteiger partial charge in [-0.1, -0.05) is 30.3 Å². The predicted molar refractivity (Wildman–Crippen MR) is 76.9 cm³/mol. The smallest absolute Gasteiger partial charge is 0.244 e. The van der Waals surface area contributed by atoms with E-state index in [9.17, 15) is 9.90 Å². The number of benzene rings is 1. The maximum absolute atomic E-state index is 11.6. The summed E-state index contributed by atoms with van der Waals surface area (Å²) in [6.07, 6.45) is 6.09. The number of furan rings is 1. The first-order chi connectivity index (χ1) is 9.74. The largest absolute Gasteiger partial charge is 0.472 e. The molecule has 0 radical (unpaired) electrons. The van der Waals surface area contributed by atoms with Crippen molar-refractivity contribution in [2.75, 3.05) is 6.54 Å². The zero-order valence-electron chi connectivity index (χ0n) is 11.0. The highest BCUT2D eigenvalue weighted by atomic mass is 16.3. The van der Waals surface area contributed by atoms with Crippen LogP contribution in [0.3, 0.4) is 0 Å². The van der Waals surface area contributed by atoms with Crippen LogP contribution in [0.2, 0.25) is 0 Å². The van der Waals surface area contributed by atoms with Gasteiger partial charge in [-0.3, -0.25) is 4.79 Å². The van der Waals surface area contributed by atoms with Gasteiger partial charge in [-0.05, 0) is 17.7 Å². The third-order valence-electron chi connectivity index (χ3n) is 2.80. The van der Waals surface area contributed by atoms with E-state index in [1.807, 2.05) is 30.3 Å². The number of rotatable bonds is 6. The molecule has 20 heavy (non-hydrogen) atoms. The summed E-state index contributed by atoms with van der Waals surface area (Å²) in [5.74, 6) is -0.238. The van der Waals surface area contributed by atoms with E-state index in [0.717, 1.165) is 11.1 Å². The summed E-state index contributed by atoms with van der Waals surface area (Å²) < 4.78 is 4.89. The van der Waals surface area contributed by atoms with Crippen LogP contribution in [-0.4, -0.2) is 23.7 Å². The molecule has 1 amide bonds. The van der Waals surface area contributed by atoms with E-state index in [1.54, 1.807) is 24.7 Å². The molecule has 0 aliphatic heterocycles. The number of hydrogen-bond donors (Lipinski definition) is 2. The minimum absolute atomic E-state index is 0.226. The number of amides is 1. The van der Waals surface area contributed by atoms with E-state index in [0.29, 0.717) is 6.42 Å². The third kappa shape index (κ3) is 4.74. The maximum atomic E-state index is 11.6. The molecule has 4 heteroatoms. The van der Waals surface area contributed by atoms with E-state index in [2.05, 4.69) is 5.32 Å². The summed E-state index contributed by atoms with van der Waals surface area (Å²) in [6, 6.07) is 11.4. The molecule has 1 heterocycles. The molecule has 1 atom stereocenters. The number of carbonyl (C=O) groups excluding carboxylic acids is 1. The molecule has 0 fully saturated rings. The Kier molecular flexibility index (Phi) is 5.15. The molecule has 0 aliphatic carbocycles. The molecule has 1 aromatic heterocycles. The van der Waals surface area contributed by atoms with Crippen LogP contribution < -0.4 is 5.32 Å². The molecular weight excluding hydrogens is 254 g/mol. The SMILES string of the molecule is O=C(/C=C/c1ccoc1)NC[C@@H](O)Cc1ccccc1. The van der Waals surface area contributed by atoms with Gasteiger partial charge < -0.3 is 14.8 Å². The first-order valence-electron chi connectivity index (χ1n) is 6.44. The van der Waals surface area contributed by atoms with Crippen LogP contribution in [0.5, 0.6) is 0 Å². The van der Waals surface area contributed by atoms with Crippen molar-refractivity contribution in [2.45, 2.75) is 12.5 Å². The van der Waals surface area contributed by atoms with Crippen molar-refractivity contribution in [3.63, 3.8) is 0 Å². The molecule has 1 aromatic carbocycles. The second-order valence-corrected chi connectivity index (χ2v) is 4.48. The van der Waals surface area contributed by atoms with Crippen molar-refractivity contribution >= 4 is 12.0 Å². The second kappa shape index (κ2) is 7.31. The van der Waals surface area contributed by atoms with Gasteiger partial charge in [-0.2, -0.15) is 0 Å². The van der Waals surface area contributed by atoms with Crippen LogP contribution in [0, 0.1) is 0 Å². The normalized spacial score (nSPS) is 12.4. The van der Waals surface area contributed by atoms with Gasteiger partial charge in [0, 0.05) is 24.6 Å². The molecule has 2 rings (SSSR count). The first kappa shape index (κ1) is 14.1. The molecular formula is C16H17NO3. The fourth-order valence-corrected chi connectivity index (χ4v) is 1.78. The van der Waals surface area contributed by atoms with E-state index >= 15 is 0 Å². The molecule has 2 aromatic rings. The Labute approximate surface area is 117 Å². The number of nitrogens with one attached hydrogen (secondary N) is 1. The lowest BCUT2D eigenvalue weighted by atomic mass is 10.1. The Bertz CT molecular complexity index is 546. The lowest BCUT2D eigenvalue weighted by Crippen LogP contribution is -2.32. The van der Waals surface area contributed by atoms with Crippen molar-refractivity contribution in [1.82, 2.24) is 5.32 Å². The Morgan fingerprint density at radius 2 is 2.10 bits per heavy atom. The average molecular weight is 271 g/mol. The average Bonchev–Trinajstić information content (AvgIpc) is 2.97. The Morgan fingerprint density at radius 3 is 2.80 bits per heavy atom. The zero-order valence-corrected chi connectivity index (χ0v) is 11.0. The van der Waals surface area contributed by atoms with Crippen LogP contribution in [0.15, 0.2) is 59.4 Å². The van der Waals surface area contributed by atoms with Gasteiger partial charge in [0.25, 0.3) is 0 Å². The molecule has 2 N–H and O–H groups in total. The van der Waals surface area contributed by atoms with Crippen LogP contribution in [0.4, 0.5) is 0 Å². The van der Waals surface area contributed by atoms with Crippen molar-refractivity contribution in [3.05, 3.63) is 66.1 Å². The minimum atomic E-state index is -0.594. The highest BCUT2D eigenvalue weighted by Gasteiger charge is 2.06. The second-order valence-electron chi connectivity index (χ2n) is 4.48. The molecule has 0 unspecified atom stereocenters. The fraction of sp³-hybridized carbons (Fsp3) is 0.188. The van der Waals surface area contributed by atoms with Crippen molar-refractivity contribution < 1.29 is 14.3 Å². The number of hydrogen-bond acceptors (Lipinski definition) is 3. The predicted octanol–water partition coefficient (Wildman–Crippen LogP) is 2.01. The molecule has 0 aliphatic rings. The topological polar surface area (TPSA) is 62.5 Å². The number of aliphatic hydroxyl groups excluding tert-OH is 1. The lowest BCUT2D eigenvalue weighted by Gasteiger charge is -2.10. The van der Waals surface area contributed by atoms with Gasteiger partial charge in [0.05, 0.1) is 18.6 Å². The van der Waals surface area contributed by atoms with Gasteiger partial charge in [-0.25, -0.2) is 0 Å². The highest BCUT2D eigenvalue weighted by molar-refractivity contribution is 5.91. The highest BCUT2D eigenvalue weighted by Crippen LogP contribution is 2.03. The van der Waals surface area contributed by atoms with E-state index in [1.165, 1.54) is 6.08 Å². The summed E-state index contributed by atoms with van der Waals surface area (Å²) in [7, 11) is 0. The zero-order chi connectivity index (χ0) is 14.2. The Hall–Kier alpha value is -2.33. The molecule has 104 valence electrons. The third-order valence-corrected chi connectivity index (χ3v) is 2.80. The van der Waals surface area contributed by atoms with Crippen LogP contribution in [0.25, 0.3) is 6.08 Å². The number of aliphatic hydroxyl groups is 1. The Morgan fingerprint density at radius 1 is 1.30 bits per heavy atom. The summed E-state index contributed by atoms with van der Waals surface area (Å²) in [5.41, 5.74) is 1.87. The minimum Gasteiger partial charge on any atom is -0.472 e. The number of carbonyl (C=O) groups is 1. The van der Waals surface area contributed by atoms with Gasteiger partial charge in [-0.15, -0.1) is 0 Å². The van der Waals surface area contributed by atoms with E-state index in [-0.39, 0.29) is 12.5 Å². The lowest BCUT2D eigenvalue weighted by molar-refractivity contribution is -0.116. The quantitative estimate of drug-likeness (QED) is 0.790. The fourth-order valence-electron chi connectivity index (χ4n) is 1.78. The van der Waals surface area contributed by atoms with Crippen molar-refractivity contribution in [3.8, 4) is 0 Å². The monoisotopic (exact) mass is 271 g/mol. The standard InChI is InChI=1S/C16H17NO3/c18-15(10-13-4-2-1-3-5-13)11-17-16(19)7-6-14-8-9-20-12-14/h1-9,12,15,18H,10-11H2,(H,17,19)/b7-6+/t15-/m0/s1. The summed E-state index contributed by atoms with van der Waals surface area (Å²) in [4.78, 5) is 11.6. The molecule has 0 bridgehead atoms. The molecule has 0 saturated carbocycles. The van der Waals surface area contributed by atoms with Gasteiger partial charge >= 0.3 is 0 Å². The summed E-state index contributed by atoms with van der Waals surface area (Å²) in [5, 5.41) is 12.5. The van der Waals surface area contributed by atoms with Crippen molar-refractivity contribution in [2.24, 2.45) is 0 Å². The van der Waals surface area contributed by atoms with Gasteiger partial charge in [0.15, 0.2) is 0 Å². The van der Waals surface area contributed by atoms with E-state index < -0.39 is 6.10 Å².